The van der Waals surface area contributed by atoms with E-state index in [4.69, 9.17) is 9.47 Å². The van der Waals surface area contributed by atoms with Gasteiger partial charge in [-0.25, -0.2) is 10.4 Å². The molecule has 1 aromatic heterocycles. The first-order chi connectivity index (χ1) is 13.1. The van der Waals surface area contributed by atoms with E-state index in [1.54, 1.807) is 32.6 Å². The highest BCUT2D eigenvalue weighted by atomic mass is 32.2. The van der Waals surface area contributed by atoms with Gasteiger partial charge >= 0.3 is 0 Å². The fourth-order valence-corrected chi connectivity index (χ4v) is 3.31. The lowest BCUT2D eigenvalue weighted by atomic mass is 10.2. The van der Waals surface area contributed by atoms with Crippen LogP contribution >= 0.6 is 11.8 Å². The standard InChI is InChI=1S/C19H20N4O3S/c1-23-15-7-5-4-6-14(15)21-19(23)27-12-18(24)22-20-11-13-8-9-16(25-2)17(10-13)26-3/h4-11H,12H2,1-3H3,(H,22,24)/b20-11+. The van der Waals surface area contributed by atoms with E-state index in [9.17, 15) is 4.79 Å². The predicted molar refractivity (Wildman–Crippen MR) is 107 cm³/mol. The van der Waals surface area contributed by atoms with Gasteiger partial charge in [-0.15, -0.1) is 0 Å². The number of imidazole rings is 1. The molecule has 8 heteroatoms. The van der Waals surface area contributed by atoms with Crippen LogP contribution in [0.4, 0.5) is 0 Å². The van der Waals surface area contributed by atoms with Gasteiger partial charge in [0.05, 0.1) is 37.2 Å². The molecule has 0 unspecified atom stereocenters. The van der Waals surface area contributed by atoms with E-state index in [1.165, 1.54) is 11.8 Å². The maximum atomic E-state index is 12.0. The SMILES string of the molecule is COc1ccc(/C=N/NC(=O)CSc2nc3ccccc3n2C)cc1OC. The summed E-state index contributed by atoms with van der Waals surface area (Å²) in [5.41, 5.74) is 5.25. The van der Waals surface area contributed by atoms with Crippen LogP contribution < -0.4 is 14.9 Å². The van der Waals surface area contributed by atoms with Gasteiger partial charge in [0.2, 0.25) is 0 Å². The van der Waals surface area contributed by atoms with Crippen molar-refractivity contribution in [1.29, 1.82) is 0 Å². The largest absolute Gasteiger partial charge is 0.493 e. The van der Waals surface area contributed by atoms with Crippen LogP contribution in [-0.2, 0) is 11.8 Å². The van der Waals surface area contributed by atoms with Crippen molar-refractivity contribution in [2.75, 3.05) is 20.0 Å². The van der Waals surface area contributed by atoms with Crippen molar-refractivity contribution in [3.63, 3.8) is 0 Å². The Hall–Kier alpha value is -3.00. The highest BCUT2D eigenvalue weighted by Crippen LogP contribution is 2.27. The van der Waals surface area contributed by atoms with Crippen molar-refractivity contribution in [3.05, 3.63) is 48.0 Å². The van der Waals surface area contributed by atoms with E-state index in [1.807, 2.05) is 41.9 Å². The molecule has 0 saturated carbocycles. The van der Waals surface area contributed by atoms with E-state index in [-0.39, 0.29) is 11.7 Å². The summed E-state index contributed by atoms with van der Waals surface area (Å²) >= 11 is 1.37. The summed E-state index contributed by atoms with van der Waals surface area (Å²) in [6.45, 7) is 0. The summed E-state index contributed by atoms with van der Waals surface area (Å²) < 4.78 is 12.4. The zero-order valence-corrected chi connectivity index (χ0v) is 16.1. The maximum Gasteiger partial charge on any atom is 0.250 e. The second kappa shape index (κ2) is 8.59. The first-order valence-electron chi connectivity index (χ1n) is 8.20. The summed E-state index contributed by atoms with van der Waals surface area (Å²) in [5.74, 6) is 1.26. The van der Waals surface area contributed by atoms with Crippen LogP contribution in [0.15, 0.2) is 52.7 Å². The molecule has 0 atom stereocenters. The number of carbonyl (C=O) groups is 1. The molecule has 0 saturated heterocycles. The van der Waals surface area contributed by atoms with Crippen LogP contribution in [0.2, 0.25) is 0 Å². The van der Waals surface area contributed by atoms with Crippen molar-refractivity contribution >= 4 is 34.9 Å². The molecule has 140 valence electrons. The van der Waals surface area contributed by atoms with Crippen molar-refractivity contribution in [2.45, 2.75) is 5.16 Å². The quantitative estimate of drug-likeness (QED) is 0.385. The van der Waals surface area contributed by atoms with Crippen LogP contribution in [0.3, 0.4) is 0 Å². The Labute approximate surface area is 161 Å². The lowest BCUT2D eigenvalue weighted by Gasteiger charge is -2.07. The molecule has 1 amide bonds. The molecule has 0 radical (unpaired) electrons. The molecule has 1 heterocycles. The van der Waals surface area contributed by atoms with Crippen molar-refractivity contribution < 1.29 is 14.3 Å². The Bertz CT molecular complexity index is 984. The van der Waals surface area contributed by atoms with Gasteiger partial charge in [-0.3, -0.25) is 4.79 Å². The number of nitrogens with one attached hydrogen (secondary N) is 1. The maximum absolute atomic E-state index is 12.0. The number of rotatable bonds is 7. The minimum Gasteiger partial charge on any atom is -0.493 e. The minimum absolute atomic E-state index is 0.205. The monoisotopic (exact) mass is 384 g/mol. The summed E-state index contributed by atoms with van der Waals surface area (Å²) in [4.78, 5) is 16.6. The van der Waals surface area contributed by atoms with Gasteiger partial charge in [-0.1, -0.05) is 23.9 Å². The van der Waals surface area contributed by atoms with Gasteiger partial charge in [0.1, 0.15) is 0 Å². The molecule has 0 aliphatic carbocycles. The van der Waals surface area contributed by atoms with Crippen LogP contribution in [0.5, 0.6) is 11.5 Å². The fourth-order valence-electron chi connectivity index (χ4n) is 2.53. The number of carbonyl (C=O) groups excluding carboxylic acids is 1. The van der Waals surface area contributed by atoms with Gasteiger partial charge in [0.25, 0.3) is 5.91 Å². The average molecular weight is 384 g/mol. The molecule has 0 bridgehead atoms. The lowest BCUT2D eigenvalue weighted by molar-refractivity contribution is -0.118. The van der Waals surface area contributed by atoms with Crippen LogP contribution in [-0.4, -0.2) is 41.6 Å². The van der Waals surface area contributed by atoms with E-state index >= 15 is 0 Å². The first kappa shape index (κ1) is 18.8. The van der Waals surface area contributed by atoms with Gasteiger partial charge in [0.15, 0.2) is 16.7 Å². The number of fused-ring (bicyclic) bond motifs is 1. The molecule has 0 spiro atoms. The summed E-state index contributed by atoms with van der Waals surface area (Å²) in [5, 5.41) is 4.78. The summed E-state index contributed by atoms with van der Waals surface area (Å²) in [7, 11) is 5.08. The third-order valence-corrected chi connectivity index (χ3v) is 4.92. The van der Waals surface area contributed by atoms with Crippen LogP contribution in [0.1, 0.15) is 5.56 Å². The zero-order chi connectivity index (χ0) is 19.2. The van der Waals surface area contributed by atoms with E-state index in [0.717, 1.165) is 21.8 Å². The minimum atomic E-state index is -0.205. The number of hydrazone groups is 1. The third-order valence-electron chi connectivity index (χ3n) is 3.89. The topological polar surface area (TPSA) is 77.7 Å². The molecular formula is C19H20N4O3S. The van der Waals surface area contributed by atoms with Crippen LogP contribution in [0.25, 0.3) is 11.0 Å². The number of aryl methyl sites for hydroxylation is 1. The van der Waals surface area contributed by atoms with Crippen molar-refractivity contribution in [2.24, 2.45) is 12.1 Å². The number of hydrogen-bond donors (Lipinski definition) is 1. The lowest BCUT2D eigenvalue weighted by Crippen LogP contribution is -2.19. The van der Waals surface area contributed by atoms with Gasteiger partial charge in [-0.2, -0.15) is 5.10 Å². The number of aromatic nitrogens is 2. The number of methoxy groups -OCH3 is 2. The normalized spacial score (nSPS) is 11.1. The van der Waals surface area contributed by atoms with E-state index in [0.29, 0.717) is 11.5 Å². The van der Waals surface area contributed by atoms with Gasteiger partial charge in [0, 0.05) is 7.05 Å². The number of thioether (sulfide) groups is 1. The number of nitrogens with zero attached hydrogens (tertiary/aromatic N) is 3. The molecular weight excluding hydrogens is 364 g/mol. The highest BCUT2D eigenvalue weighted by molar-refractivity contribution is 7.99. The Kier molecular flexibility index (Phi) is 5.97. The van der Waals surface area contributed by atoms with Gasteiger partial charge in [-0.05, 0) is 35.9 Å². The van der Waals surface area contributed by atoms with E-state index < -0.39 is 0 Å². The molecule has 0 fully saturated rings. The Morgan fingerprint density at radius 2 is 2.00 bits per heavy atom. The number of ether oxygens (including phenoxy) is 2. The second-order valence-electron chi connectivity index (χ2n) is 5.64. The summed E-state index contributed by atoms with van der Waals surface area (Å²) in [6.07, 6.45) is 1.56. The fraction of sp³-hybridized carbons (Fsp3) is 0.211. The molecule has 2 aromatic carbocycles. The third kappa shape index (κ3) is 4.40. The van der Waals surface area contributed by atoms with E-state index in [2.05, 4.69) is 15.5 Å². The Morgan fingerprint density at radius 3 is 2.74 bits per heavy atom. The number of benzene rings is 2. The zero-order valence-electron chi connectivity index (χ0n) is 15.3. The molecule has 3 aromatic rings. The number of para-hydroxylation sites is 2. The van der Waals surface area contributed by atoms with Gasteiger partial charge < -0.3 is 14.0 Å². The molecule has 3 rings (SSSR count). The summed E-state index contributed by atoms with van der Waals surface area (Å²) in [6, 6.07) is 13.2. The molecule has 0 aliphatic heterocycles. The van der Waals surface area contributed by atoms with Crippen molar-refractivity contribution in [1.82, 2.24) is 15.0 Å². The molecule has 27 heavy (non-hydrogen) atoms. The molecule has 0 aliphatic rings. The average Bonchev–Trinajstić information content (AvgIpc) is 3.02. The first-order valence-corrected chi connectivity index (χ1v) is 9.19. The smallest absolute Gasteiger partial charge is 0.250 e. The number of hydrogen-bond acceptors (Lipinski definition) is 6. The second-order valence-corrected chi connectivity index (χ2v) is 6.58. The van der Waals surface area contributed by atoms with Crippen molar-refractivity contribution in [3.8, 4) is 11.5 Å². The highest BCUT2D eigenvalue weighted by Gasteiger charge is 2.10. The predicted octanol–water partition coefficient (Wildman–Crippen LogP) is 2.83. The Morgan fingerprint density at radius 1 is 1.22 bits per heavy atom. The Balaban J connectivity index is 1.56. The number of amides is 1. The molecule has 7 nitrogen and oxygen atoms in total. The van der Waals surface area contributed by atoms with Crippen LogP contribution in [0, 0.1) is 0 Å². The molecule has 1 N–H and O–H groups in total.